The van der Waals surface area contributed by atoms with Crippen LogP contribution in [0.2, 0.25) is 0 Å². The van der Waals surface area contributed by atoms with Gasteiger partial charge >= 0.3 is 0 Å². The summed E-state index contributed by atoms with van der Waals surface area (Å²) in [7, 11) is 0. The van der Waals surface area contributed by atoms with Crippen LogP contribution in [0.15, 0.2) is 57.7 Å². The van der Waals surface area contributed by atoms with Crippen LogP contribution in [0.25, 0.3) is 22.3 Å². The highest BCUT2D eigenvalue weighted by Gasteiger charge is 2.26. The van der Waals surface area contributed by atoms with Crippen molar-refractivity contribution in [3.05, 3.63) is 58.8 Å². The third-order valence-corrected chi connectivity index (χ3v) is 5.12. The fraction of sp³-hybridized carbons (Fsp3) is 0.320. The molecule has 2 amide bonds. The van der Waals surface area contributed by atoms with E-state index in [0.29, 0.717) is 33.7 Å². The minimum absolute atomic E-state index is 0.199. The Morgan fingerprint density at radius 2 is 1.59 bits per heavy atom. The molecule has 0 aliphatic carbocycles. The van der Waals surface area contributed by atoms with Crippen molar-refractivity contribution in [2.75, 3.05) is 17.2 Å². The predicted molar refractivity (Wildman–Crippen MR) is 126 cm³/mol. The molecule has 0 unspecified atom stereocenters. The van der Waals surface area contributed by atoms with Gasteiger partial charge in [0.25, 0.3) is 0 Å². The van der Waals surface area contributed by atoms with Crippen LogP contribution in [0, 0.1) is 10.8 Å². The number of carbonyl (C=O) groups is 2. The Morgan fingerprint density at radius 1 is 0.938 bits per heavy atom. The largest absolute Gasteiger partial charge is 0.456 e. The predicted octanol–water partition coefficient (Wildman–Crippen LogP) is 4.40. The molecule has 32 heavy (non-hydrogen) atoms. The number of aliphatic hydroxyl groups is 1. The standard InChI is InChI=1S/C25H28N2O5/c1-24(2,3)22(30)27-17-7-6-8-19-21(17)18(29)13-20(32-19)15-9-11-16(12-10-15)26-23(31)25(4,5)14-28/h6-13,28H,14H2,1-5H3,(H,26,31)(H,27,30). The van der Waals surface area contributed by atoms with E-state index in [9.17, 15) is 19.5 Å². The third kappa shape index (κ3) is 4.89. The van der Waals surface area contributed by atoms with E-state index in [2.05, 4.69) is 10.6 Å². The van der Waals surface area contributed by atoms with Crippen LogP contribution < -0.4 is 16.1 Å². The minimum atomic E-state index is -0.899. The molecular formula is C25H28N2O5. The average Bonchev–Trinajstić information content (AvgIpc) is 2.73. The van der Waals surface area contributed by atoms with E-state index < -0.39 is 10.8 Å². The van der Waals surface area contributed by atoms with Crippen molar-refractivity contribution < 1.29 is 19.1 Å². The number of anilines is 2. The number of carbonyl (C=O) groups excluding carboxylic acids is 2. The van der Waals surface area contributed by atoms with Gasteiger partial charge in [-0.2, -0.15) is 0 Å². The van der Waals surface area contributed by atoms with Crippen molar-refractivity contribution in [2.45, 2.75) is 34.6 Å². The summed E-state index contributed by atoms with van der Waals surface area (Å²) < 4.78 is 5.96. The van der Waals surface area contributed by atoms with Gasteiger partial charge in [0, 0.05) is 22.7 Å². The van der Waals surface area contributed by atoms with Crippen molar-refractivity contribution in [3.63, 3.8) is 0 Å². The Labute approximate surface area is 186 Å². The second-order valence-electron chi connectivity index (χ2n) is 9.43. The van der Waals surface area contributed by atoms with Gasteiger partial charge in [0.2, 0.25) is 11.8 Å². The maximum Gasteiger partial charge on any atom is 0.232 e. The molecular weight excluding hydrogens is 408 g/mol. The molecule has 0 spiro atoms. The van der Waals surface area contributed by atoms with Gasteiger partial charge in [-0.15, -0.1) is 0 Å². The van der Waals surface area contributed by atoms with Crippen LogP contribution in [0.1, 0.15) is 34.6 Å². The summed E-state index contributed by atoms with van der Waals surface area (Å²) in [5.41, 5.74) is 0.223. The number of amides is 2. The van der Waals surface area contributed by atoms with Crippen molar-refractivity contribution in [1.82, 2.24) is 0 Å². The molecule has 1 heterocycles. The molecule has 0 saturated heterocycles. The Bertz CT molecular complexity index is 1220. The fourth-order valence-corrected chi connectivity index (χ4v) is 2.86. The van der Waals surface area contributed by atoms with E-state index in [1.807, 2.05) is 0 Å². The number of benzene rings is 2. The van der Waals surface area contributed by atoms with Crippen LogP contribution in [-0.2, 0) is 9.59 Å². The van der Waals surface area contributed by atoms with Crippen LogP contribution in [-0.4, -0.2) is 23.5 Å². The normalized spacial score (nSPS) is 11.9. The van der Waals surface area contributed by atoms with Crippen LogP contribution in [0.5, 0.6) is 0 Å². The molecule has 0 radical (unpaired) electrons. The van der Waals surface area contributed by atoms with Gasteiger partial charge in [-0.3, -0.25) is 14.4 Å². The van der Waals surface area contributed by atoms with Gasteiger partial charge < -0.3 is 20.2 Å². The summed E-state index contributed by atoms with van der Waals surface area (Å²) in [5.74, 6) is -0.124. The highest BCUT2D eigenvalue weighted by molar-refractivity contribution is 6.02. The van der Waals surface area contributed by atoms with Gasteiger partial charge in [-0.1, -0.05) is 26.8 Å². The first kappa shape index (κ1) is 23.2. The lowest BCUT2D eigenvalue weighted by atomic mass is 9.93. The SMILES string of the molecule is CC(C)(C)C(=O)Nc1cccc2oc(-c3ccc(NC(=O)C(C)(C)CO)cc3)cc(=O)c12. The molecule has 3 N–H and O–H groups in total. The lowest BCUT2D eigenvalue weighted by Crippen LogP contribution is -2.33. The molecule has 7 heteroatoms. The molecule has 1 aromatic heterocycles. The van der Waals surface area contributed by atoms with Crippen molar-refractivity contribution >= 4 is 34.2 Å². The zero-order chi connectivity index (χ0) is 23.7. The molecule has 3 aromatic rings. The van der Waals surface area contributed by atoms with Gasteiger partial charge in [0.05, 0.1) is 23.1 Å². The number of hydrogen-bond acceptors (Lipinski definition) is 5. The van der Waals surface area contributed by atoms with E-state index >= 15 is 0 Å². The van der Waals surface area contributed by atoms with E-state index in [-0.39, 0.29) is 23.9 Å². The second-order valence-corrected chi connectivity index (χ2v) is 9.43. The van der Waals surface area contributed by atoms with Crippen molar-refractivity contribution in [2.24, 2.45) is 10.8 Å². The summed E-state index contributed by atoms with van der Waals surface area (Å²) in [4.78, 5) is 37.5. The van der Waals surface area contributed by atoms with Crippen molar-refractivity contribution in [1.29, 1.82) is 0 Å². The molecule has 7 nitrogen and oxygen atoms in total. The highest BCUT2D eigenvalue weighted by Crippen LogP contribution is 2.28. The lowest BCUT2D eigenvalue weighted by molar-refractivity contribution is -0.125. The molecule has 0 fully saturated rings. The highest BCUT2D eigenvalue weighted by atomic mass is 16.3. The van der Waals surface area contributed by atoms with Gasteiger partial charge in [-0.05, 0) is 50.2 Å². The molecule has 3 rings (SSSR count). The molecule has 2 aromatic carbocycles. The lowest BCUT2D eigenvalue weighted by Gasteiger charge is -2.20. The zero-order valence-electron chi connectivity index (χ0n) is 18.9. The monoisotopic (exact) mass is 436 g/mol. The summed E-state index contributed by atoms with van der Waals surface area (Å²) in [6.07, 6.45) is 0. The quantitative estimate of drug-likeness (QED) is 0.549. The number of hydrogen-bond donors (Lipinski definition) is 3. The minimum Gasteiger partial charge on any atom is -0.456 e. The molecule has 0 atom stereocenters. The van der Waals surface area contributed by atoms with Crippen molar-refractivity contribution in [3.8, 4) is 11.3 Å². The first-order valence-corrected chi connectivity index (χ1v) is 10.3. The average molecular weight is 437 g/mol. The van der Waals surface area contributed by atoms with E-state index in [0.717, 1.165) is 0 Å². The smallest absolute Gasteiger partial charge is 0.232 e. The van der Waals surface area contributed by atoms with Gasteiger partial charge in [-0.25, -0.2) is 0 Å². The maximum atomic E-state index is 12.9. The molecule has 0 aliphatic rings. The zero-order valence-corrected chi connectivity index (χ0v) is 18.9. The number of fused-ring (bicyclic) bond motifs is 1. The van der Waals surface area contributed by atoms with Crippen LogP contribution in [0.3, 0.4) is 0 Å². The molecule has 168 valence electrons. The second kappa shape index (κ2) is 8.59. The first-order valence-electron chi connectivity index (χ1n) is 10.3. The molecule has 0 bridgehead atoms. The number of aliphatic hydroxyl groups excluding tert-OH is 1. The number of rotatable bonds is 5. The van der Waals surface area contributed by atoms with Gasteiger partial charge in [0.15, 0.2) is 5.43 Å². The fourth-order valence-electron chi connectivity index (χ4n) is 2.86. The van der Waals surface area contributed by atoms with E-state index in [4.69, 9.17) is 4.42 Å². The maximum absolute atomic E-state index is 12.9. The Morgan fingerprint density at radius 3 is 2.19 bits per heavy atom. The summed E-state index contributed by atoms with van der Waals surface area (Å²) in [6.45, 7) is 8.43. The summed E-state index contributed by atoms with van der Waals surface area (Å²) in [6, 6.07) is 13.3. The Hall–Kier alpha value is -3.45. The van der Waals surface area contributed by atoms with Crippen LogP contribution >= 0.6 is 0 Å². The number of nitrogens with one attached hydrogen (secondary N) is 2. The summed E-state index contributed by atoms with van der Waals surface area (Å²) in [5, 5.41) is 15.2. The summed E-state index contributed by atoms with van der Waals surface area (Å²) >= 11 is 0. The van der Waals surface area contributed by atoms with Gasteiger partial charge in [0.1, 0.15) is 11.3 Å². The van der Waals surface area contributed by atoms with E-state index in [1.54, 1.807) is 77.1 Å². The van der Waals surface area contributed by atoms with E-state index in [1.165, 1.54) is 6.07 Å². The Kier molecular flexibility index (Phi) is 6.23. The first-order chi connectivity index (χ1) is 14.9. The molecule has 0 aliphatic heterocycles. The third-order valence-electron chi connectivity index (χ3n) is 5.12. The molecule has 0 saturated carbocycles. The Balaban J connectivity index is 1.91. The topological polar surface area (TPSA) is 109 Å². The van der Waals surface area contributed by atoms with Crippen LogP contribution in [0.4, 0.5) is 11.4 Å².